The van der Waals surface area contributed by atoms with Crippen molar-refractivity contribution in [2.45, 2.75) is 53.2 Å². The van der Waals surface area contributed by atoms with Gasteiger partial charge in [-0.2, -0.15) is 0 Å². The molecule has 0 aromatic carbocycles. The Hall–Kier alpha value is -0.770. The van der Waals surface area contributed by atoms with Gasteiger partial charge in [0.25, 0.3) is 0 Å². The molecule has 0 saturated heterocycles. The number of nitrogens with zero attached hydrogens (tertiary/aromatic N) is 1. The molecule has 4 nitrogen and oxygen atoms in total. The summed E-state index contributed by atoms with van der Waals surface area (Å²) in [6.45, 7) is 11.6. The predicted molar refractivity (Wildman–Crippen MR) is 64.6 cm³/mol. The van der Waals surface area contributed by atoms with Crippen LogP contribution in [-0.4, -0.2) is 42.9 Å². The van der Waals surface area contributed by atoms with Gasteiger partial charge in [-0.25, -0.2) is 4.79 Å². The van der Waals surface area contributed by atoms with E-state index in [2.05, 4.69) is 6.92 Å². The van der Waals surface area contributed by atoms with Crippen molar-refractivity contribution in [1.29, 1.82) is 0 Å². The van der Waals surface area contributed by atoms with Crippen LogP contribution < -0.4 is 0 Å². The van der Waals surface area contributed by atoms with Crippen molar-refractivity contribution in [3.63, 3.8) is 0 Å². The molecule has 96 valence electrons. The second kappa shape index (κ2) is 8.39. The summed E-state index contributed by atoms with van der Waals surface area (Å²) in [5, 5.41) is 0. The van der Waals surface area contributed by atoms with Crippen LogP contribution in [0.15, 0.2) is 0 Å². The molecule has 1 amide bonds. The Morgan fingerprint density at radius 2 is 1.81 bits per heavy atom. The van der Waals surface area contributed by atoms with Gasteiger partial charge in [-0.3, -0.25) is 0 Å². The van der Waals surface area contributed by atoms with Crippen molar-refractivity contribution in [3.05, 3.63) is 0 Å². The molecule has 16 heavy (non-hydrogen) atoms. The van der Waals surface area contributed by atoms with Crippen LogP contribution in [0.3, 0.4) is 0 Å². The molecule has 0 saturated carbocycles. The lowest BCUT2D eigenvalue weighted by atomic mass is 10.3. The first kappa shape index (κ1) is 15.2. The molecule has 0 N–H and O–H groups in total. The molecule has 0 aromatic rings. The number of rotatable bonds is 7. The number of hydrogen-bond donors (Lipinski definition) is 0. The summed E-state index contributed by atoms with van der Waals surface area (Å²) in [5.41, 5.74) is 0. The van der Waals surface area contributed by atoms with Gasteiger partial charge in [0, 0.05) is 19.2 Å². The third-order valence-electron chi connectivity index (χ3n) is 2.02. The maximum atomic E-state index is 11.7. The molecule has 0 spiro atoms. The van der Waals surface area contributed by atoms with Gasteiger partial charge in [-0.15, -0.1) is 0 Å². The van der Waals surface area contributed by atoms with Crippen molar-refractivity contribution in [1.82, 2.24) is 4.90 Å². The molecule has 0 aliphatic carbocycles. The van der Waals surface area contributed by atoms with Crippen molar-refractivity contribution < 1.29 is 14.3 Å². The van der Waals surface area contributed by atoms with E-state index in [1.165, 1.54) is 0 Å². The molecule has 0 aliphatic rings. The van der Waals surface area contributed by atoms with Gasteiger partial charge in [-0.1, -0.05) is 6.92 Å². The van der Waals surface area contributed by atoms with Crippen molar-refractivity contribution in [2.24, 2.45) is 0 Å². The van der Waals surface area contributed by atoms with E-state index in [0.717, 1.165) is 13.0 Å². The topological polar surface area (TPSA) is 38.8 Å². The van der Waals surface area contributed by atoms with Gasteiger partial charge in [-0.05, 0) is 34.1 Å². The molecule has 4 heteroatoms. The van der Waals surface area contributed by atoms with E-state index in [1.54, 1.807) is 4.90 Å². The summed E-state index contributed by atoms with van der Waals surface area (Å²) in [5.74, 6) is 0. The maximum absolute atomic E-state index is 11.7. The van der Waals surface area contributed by atoms with E-state index in [0.29, 0.717) is 13.2 Å². The van der Waals surface area contributed by atoms with Crippen molar-refractivity contribution in [3.8, 4) is 0 Å². The first-order valence-electron chi connectivity index (χ1n) is 6.04. The van der Waals surface area contributed by atoms with E-state index in [-0.39, 0.29) is 18.2 Å². The molecule has 0 radical (unpaired) electrons. The molecule has 0 fully saturated rings. The Morgan fingerprint density at radius 1 is 1.19 bits per heavy atom. The first-order chi connectivity index (χ1) is 7.49. The minimum Gasteiger partial charge on any atom is -0.447 e. The van der Waals surface area contributed by atoms with Gasteiger partial charge in [0.15, 0.2) is 0 Å². The summed E-state index contributed by atoms with van der Waals surface area (Å²) in [6.07, 6.45) is 0.661. The summed E-state index contributed by atoms with van der Waals surface area (Å²) in [4.78, 5) is 13.4. The van der Waals surface area contributed by atoms with Crippen LogP contribution in [0.1, 0.15) is 41.0 Å². The lowest BCUT2D eigenvalue weighted by Gasteiger charge is -2.26. The fourth-order valence-electron chi connectivity index (χ4n) is 1.24. The lowest BCUT2D eigenvalue weighted by molar-refractivity contribution is 0.0494. The average molecular weight is 231 g/mol. The fourth-order valence-corrected chi connectivity index (χ4v) is 1.24. The van der Waals surface area contributed by atoms with Crippen LogP contribution in [0.5, 0.6) is 0 Å². The van der Waals surface area contributed by atoms with Crippen LogP contribution in [0.2, 0.25) is 0 Å². The quantitative estimate of drug-likeness (QED) is 0.632. The van der Waals surface area contributed by atoms with Crippen LogP contribution in [-0.2, 0) is 9.47 Å². The standard InChI is InChI=1S/C12H25NO3/c1-6-8-15-9-7-13(10(2)3)12(14)16-11(4)5/h10-11H,6-9H2,1-5H3. The molecule has 0 unspecified atom stereocenters. The normalized spacial score (nSPS) is 10.9. The van der Waals surface area contributed by atoms with E-state index in [9.17, 15) is 4.79 Å². The molecular formula is C12H25NO3. The molecule has 0 aromatic heterocycles. The van der Waals surface area contributed by atoms with E-state index in [1.807, 2.05) is 27.7 Å². The second-order valence-electron chi connectivity index (χ2n) is 4.33. The molecule has 0 bridgehead atoms. The summed E-state index contributed by atoms with van der Waals surface area (Å²) in [7, 11) is 0. The summed E-state index contributed by atoms with van der Waals surface area (Å²) in [6, 6.07) is 0.136. The molecular weight excluding hydrogens is 206 g/mol. The Kier molecular flexibility index (Phi) is 7.99. The molecule has 0 aliphatic heterocycles. The fraction of sp³-hybridized carbons (Fsp3) is 0.917. The Bertz CT molecular complexity index is 193. The zero-order valence-electron chi connectivity index (χ0n) is 11.2. The Morgan fingerprint density at radius 3 is 2.25 bits per heavy atom. The van der Waals surface area contributed by atoms with E-state index < -0.39 is 0 Å². The van der Waals surface area contributed by atoms with Crippen LogP contribution in [0.4, 0.5) is 4.79 Å². The number of amides is 1. The van der Waals surface area contributed by atoms with Crippen molar-refractivity contribution >= 4 is 6.09 Å². The first-order valence-corrected chi connectivity index (χ1v) is 6.04. The highest BCUT2D eigenvalue weighted by atomic mass is 16.6. The van der Waals surface area contributed by atoms with Gasteiger partial charge >= 0.3 is 6.09 Å². The highest BCUT2D eigenvalue weighted by molar-refractivity contribution is 5.68. The Balaban J connectivity index is 4.01. The lowest BCUT2D eigenvalue weighted by Crippen LogP contribution is -2.40. The van der Waals surface area contributed by atoms with Gasteiger partial charge < -0.3 is 14.4 Å². The minimum absolute atomic E-state index is 0.0784. The van der Waals surface area contributed by atoms with E-state index >= 15 is 0 Å². The zero-order chi connectivity index (χ0) is 12.6. The summed E-state index contributed by atoms with van der Waals surface area (Å²) < 4.78 is 10.5. The minimum atomic E-state index is -0.259. The van der Waals surface area contributed by atoms with Gasteiger partial charge in [0.1, 0.15) is 0 Å². The van der Waals surface area contributed by atoms with Crippen LogP contribution >= 0.6 is 0 Å². The largest absolute Gasteiger partial charge is 0.447 e. The molecule has 0 heterocycles. The SMILES string of the molecule is CCCOCCN(C(=O)OC(C)C)C(C)C. The van der Waals surface area contributed by atoms with Gasteiger partial charge in [0.05, 0.1) is 12.7 Å². The van der Waals surface area contributed by atoms with E-state index in [4.69, 9.17) is 9.47 Å². The second-order valence-corrected chi connectivity index (χ2v) is 4.33. The Labute approximate surface area is 98.9 Å². The zero-order valence-corrected chi connectivity index (χ0v) is 11.2. The van der Waals surface area contributed by atoms with Gasteiger partial charge in [0.2, 0.25) is 0 Å². The van der Waals surface area contributed by atoms with Crippen LogP contribution in [0, 0.1) is 0 Å². The van der Waals surface area contributed by atoms with Crippen molar-refractivity contribution in [2.75, 3.05) is 19.8 Å². The third kappa shape index (κ3) is 6.67. The van der Waals surface area contributed by atoms with Crippen LogP contribution in [0.25, 0.3) is 0 Å². The smallest absolute Gasteiger partial charge is 0.410 e. The maximum Gasteiger partial charge on any atom is 0.410 e. The molecule has 0 atom stereocenters. The number of ether oxygens (including phenoxy) is 2. The third-order valence-corrected chi connectivity index (χ3v) is 2.02. The number of hydrogen-bond acceptors (Lipinski definition) is 3. The highest BCUT2D eigenvalue weighted by Gasteiger charge is 2.18. The number of carbonyl (C=O) groups is 1. The highest BCUT2D eigenvalue weighted by Crippen LogP contribution is 2.04. The molecule has 0 rings (SSSR count). The number of carbonyl (C=O) groups excluding carboxylic acids is 1. The monoisotopic (exact) mass is 231 g/mol. The predicted octanol–water partition coefficient (Wildman–Crippen LogP) is 2.67. The summed E-state index contributed by atoms with van der Waals surface area (Å²) >= 11 is 0. The average Bonchev–Trinajstić information content (AvgIpc) is 2.15.